The highest BCUT2D eigenvalue weighted by atomic mass is 16.5. The number of benzene rings is 1. The van der Waals surface area contributed by atoms with Gasteiger partial charge >= 0.3 is 0 Å². The second-order valence-corrected chi connectivity index (χ2v) is 10.1. The lowest BCUT2D eigenvalue weighted by molar-refractivity contribution is -0.138. The monoisotopic (exact) mass is 474 g/mol. The van der Waals surface area contributed by atoms with Gasteiger partial charge in [0, 0.05) is 50.9 Å². The minimum atomic E-state index is -0.492. The molecule has 1 N–H and O–H groups in total. The van der Waals surface area contributed by atoms with Gasteiger partial charge in [0.1, 0.15) is 11.4 Å². The van der Waals surface area contributed by atoms with E-state index in [2.05, 4.69) is 28.2 Å². The molecule has 5 rings (SSSR count). The van der Waals surface area contributed by atoms with Crippen molar-refractivity contribution in [2.45, 2.75) is 44.4 Å². The Labute approximate surface area is 206 Å². The van der Waals surface area contributed by atoms with Crippen molar-refractivity contribution in [2.75, 3.05) is 33.3 Å². The second kappa shape index (κ2) is 9.72. The first kappa shape index (κ1) is 23.4. The van der Waals surface area contributed by atoms with Gasteiger partial charge in [-0.05, 0) is 60.6 Å². The first-order valence-electron chi connectivity index (χ1n) is 12.6. The molecule has 0 bridgehead atoms. The molecule has 2 aliphatic rings. The number of amides is 2. The van der Waals surface area contributed by atoms with E-state index in [0.29, 0.717) is 26.2 Å². The number of aromatic amines is 1. The Morgan fingerprint density at radius 1 is 1.09 bits per heavy atom. The third-order valence-electron chi connectivity index (χ3n) is 7.82. The molecule has 0 unspecified atom stereocenters. The summed E-state index contributed by atoms with van der Waals surface area (Å²) in [5.41, 5.74) is 2.59. The molecule has 3 aromatic rings. The number of pyridine rings is 1. The molecular formula is C28H34N4O3. The molecule has 1 aliphatic heterocycles. The summed E-state index contributed by atoms with van der Waals surface area (Å²) < 4.78 is 5.34. The van der Waals surface area contributed by atoms with Gasteiger partial charge in [0.2, 0.25) is 11.8 Å². The lowest BCUT2D eigenvalue weighted by Crippen LogP contribution is -2.48. The van der Waals surface area contributed by atoms with Crippen LogP contribution in [0.5, 0.6) is 5.75 Å². The summed E-state index contributed by atoms with van der Waals surface area (Å²) in [4.78, 5) is 38.2. The number of rotatable bonds is 5. The molecule has 1 aliphatic carbocycles. The number of carbonyl (C=O) groups excluding carboxylic acids is 2. The smallest absolute Gasteiger partial charge is 0.233 e. The van der Waals surface area contributed by atoms with Crippen LogP contribution in [0, 0.1) is 5.92 Å². The minimum absolute atomic E-state index is 0.0641. The van der Waals surface area contributed by atoms with Crippen LogP contribution in [0.15, 0.2) is 48.8 Å². The number of nitrogens with zero attached hydrogens (tertiary/aromatic N) is 3. The predicted octanol–water partition coefficient (Wildman–Crippen LogP) is 3.93. The molecule has 2 fully saturated rings. The van der Waals surface area contributed by atoms with Gasteiger partial charge in [-0.15, -0.1) is 0 Å². The standard InChI is InChI=1S/C28H34N4O3/c1-20(33)31-13-14-32(19-22(18-31)15-21-16-23-9-12-29-26(23)30-17-21)27(34)28(10-3-4-11-28)24-5-7-25(35-2)8-6-24/h5-9,12,16-17,22H,3-4,10-11,13-15,18-19H2,1-2H3,(H,29,30)/t22-/m0/s1. The summed E-state index contributed by atoms with van der Waals surface area (Å²) in [7, 11) is 1.66. The maximum absolute atomic E-state index is 14.2. The third-order valence-corrected chi connectivity index (χ3v) is 7.82. The van der Waals surface area contributed by atoms with E-state index in [0.717, 1.165) is 60.0 Å². The molecule has 35 heavy (non-hydrogen) atoms. The van der Waals surface area contributed by atoms with Crippen LogP contribution in [0.2, 0.25) is 0 Å². The summed E-state index contributed by atoms with van der Waals surface area (Å²) >= 11 is 0. The number of H-pyrrole nitrogens is 1. The zero-order valence-corrected chi connectivity index (χ0v) is 20.6. The van der Waals surface area contributed by atoms with E-state index in [-0.39, 0.29) is 17.7 Å². The summed E-state index contributed by atoms with van der Waals surface area (Å²) in [6.07, 6.45) is 8.41. The van der Waals surface area contributed by atoms with E-state index in [9.17, 15) is 9.59 Å². The number of hydrogen-bond donors (Lipinski definition) is 1. The summed E-state index contributed by atoms with van der Waals surface area (Å²) in [6.45, 7) is 4.07. The molecule has 1 atom stereocenters. The number of hydrogen-bond acceptors (Lipinski definition) is 4. The summed E-state index contributed by atoms with van der Waals surface area (Å²) in [6, 6.07) is 12.2. The Morgan fingerprint density at radius 2 is 1.80 bits per heavy atom. The Bertz CT molecular complexity index is 1200. The van der Waals surface area contributed by atoms with Crippen molar-refractivity contribution in [2.24, 2.45) is 5.92 Å². The van der Waals surface area contributed by atoms with Gasteiger partial charge in [0.05, 0.1) is 12.5 Å². The second-order valence-electron chi connectivity index (χ2n) is 10.1. The molecular weight excluding hydrogens is 440 g/mol. The lowest BCUT2D eigenvalue weighted by atomic mass is 9.77. The Kier molecular flexibility index (Phi) is 6.50. The zero-order valence-electron chi connectivity index (χ0n) is 20.6. The van der Waals surface area contributed by atoms with Crippen molar-refractivity contribution in [1.29, 1.82) is 0 Å². The summed E-state index contributed by atoms with van der Waals surface area (Å²) in [5.74, 6) is 1.22. The van der Waals surface area contributed by atoms with E-state index in [1.54, 1.807) is 14.0 Å². The molecule has 7 heteroatoms. The number of nitrogens with one attached hydrogen (secondary N) is 1. The average molecular weight is 475 g/mol. The Hall–Kier alpha value is -3.35. The topological polar surface area (TPSA) is 78.5 Å². The number of carbonyl (C=O) groups is 2. The minimum Gasteiger partial charge on any atom is -0.497 e. The fourth-order valence-electron chi connectivity index (χ4n) is 5.95. The van der Waals surface area contributed by atoms with Crippen molar-refractivity contribution in [3.63, 3.8) is 0 Å². The molecule has 2 amide bonds. The van der Waals surface area contributed by atoms with Crippen LogP contribution in [-0.4, -0.2) is 64.9 Å². The van der Waals surface area contributed by atoms with Gasteiger partial charge in [0.15, 0.2) is 0 Å². The van der Waals surface area contributed by atoms with E-state index < -0.39 is 5.41 Å². The normalized spacial score (nSPS) is 20.1. The van der Waals surface area contributed by atoms with Gasteiger partial charge in [-0.3, -0.25) is 9.59 Å². The van der Waals surface area contributed by atoms with Crippen molar-refractivity contribution < 1.29 is 14.3 Å². The van der Waals surface area contributed by atoms with Gasteiger partial charge in [-0.1, -0.05) is 25.0 Å². The third kappa shape index (κ3) is 4.64. The SMILES string of the molecule is COc1ccc(C2(C(=O)N3CCN(C(C)=O)C[C@H](Cc4cnc5[nH]ccc5c4)C3)CCCC2)cc1. The molecule has 184 valence electrons. The van der Waals surface area contributed by atoms with Gasteiger partial charge in [-0.2, -0.15) is 0 Å². The Balaban J connectivity index is 1.41. The highest BCUT2D eigenvalue weighted by Gasteiger charge is 2.45. The van der Waals surface area contributed by atoms with Crippen LogP contribution in [0.1, 0.15) is 43.7 Å². The maximum atomic E-state index is 14.2. The predicted molar refractivity (Wildman–Crippen MR) is 135 cm³/mol. The van der Waals surface area contributed by atoms with Crippen LogP contribution in [0.25, 0.3) is 11.0 Å². The van der Waals surface area contributed by atoms with E-state index >= 15 is 0 Å². The molecule has 0 spiro atoms. The van der Waals surface area contributed by atoms with Crippen LogP contribution >= 0.6 is 0 Å². The first-order chi connectivity index (χ1) is 17.0. The quantitative estimate of drug-likeness (QED) is 0.608. The fourth-order valence-corrected chi connectivity index (χ4v) is 5.95. The maximum Gasteiger partial charge on any atom is 0.233 e. The summed E-state index contributed by atoms with van der Waals surface area (Å²) in [5, 5.41) is 1.08. The number of aromatic nitrogens is 2. The van der Waals surface area contributed by atoms with E-state index in [1.807, 2.05) is 40.4 Å². The highest BCUT2D eigenvalue weighted by molar-refractivity contribution is 5.89. The molecule has 1 saturated heterocycles. The molecule has 1 aromatic carbocycles. The first-order valence-corrected chi connectivity index (χ1v) is 12.6. The van der Waals surface area contributed by atoms with Gasteiger partial charge in [-0.25, -0.2) is 4.98 Å². The van der Waals surface area contributed by atoms with Crippen LogP contribution in [0.4, 0.5) is 0 Å². The molecule has 2 aromatic heterocycles. The van der Waals surface area contributed by atoms with E-state index in [1.165, 1.54) is 0 Å². The highest BCUT2D eigenvalue weighted by Crippen LogP contribution is 2.43. The average Bonchev–Trinajstić information content (AvgIpc) is 3.50. The Morgan fingerprint density at radius 3 is 2.51 bits per heavy atom. The molecule has 0 radical (unpaired) electrons. The zero-order chi connectivity index (χ0) is 24.4. The van der Waals surface area contributed by atoms with Crippen molar-refractivity contribution in [1.82, 2.24) is 19.8 Å². The van der Waals surface area contributed by atoms with Crippen molar-refractivity contribution in [3.05, 3.63) is 59.9 Å². The van der Waals surface area contributed by atoms with Gasteiger partial charge in [0.25, 0.3) is 0 Å². The van der Waals surface area contributed by atoms with E-state index in [4.69, 9.17) is 4.74 Å². The number of methoxy groups -OCH3 is 1. The van der Waals surface area contributed by atoms with Crippen molar-refractivity contribution in [3.8, 4) is 5.75 Å². The lowest BCUT2D eigenvalue weighted by Gasteiger charge is -2.35. The van der Waals surface area contributed by atoms with Gasteiger partial charge < -0.3 is 19.5 Å². The number of ether oxygens (including phenoxy) is 1. The fraction of sp³-hybridized carbons (Fsp3) is 0.464. The van der Waals surface area contributed by atoms with Crippen molar-refractivity contribution >= 4 is 22.8 Å². The molecule has 1 saturated carbocycles. The molecule has 7 nitrogen and oxygen atoms in total. The molecule has 3 heterocycles. The van der Waals surface area contributed by atoms with Crippen LogP contribution in [0.3, 0.4) is 0 Å². The van der Waals surface area contributed by atoms with Crippen LogP contribution in [-0.2, 0) is 21.4 Å². The van der Waals surface area contributed by atoms with Crippen LogP contribution < -0.4 is 4.74 Å². The largest absolute Gasteiger partial charge is 0.497 e. The number of fused-ring (bicyclic) bond motifs is 1.